The molecule has 5 nitrogen and oxygen atoms in total. The minimum atomic E-state index is -0.393. The quantitative estimate of drug-likeness (QED) is 0.505. The van der Waals surface area contributed by atoms with Gasteiger partial charge < -0.3 is 15.3 Å². The smallest absolute Gasteiger partial charge is 0.157 e. The Morgan fingerprint density at radius 2 is 1.15 bits per heavy atom. The second-order valence-electron chi connectivity index (χ2n) is 9.07. The minimum absolute atomic E-state index is 0.0371. The molecule has 2 aliphatic rings. The molecule has 0 saturated carbocycles. The van der Waals surface area contributed by atoms with Crippen molar-refractivity contribution in [2.24, 2.45) is 5.18 Å². The monoisotopic (exact) mass is 353 g/mol. The van der Waals surface area contributed by atoms with Gasteiger partial charge in [0.2, 0.25) is 0 Å². The van der Waals surface area contributed by atoms with Crippen molar-refractivity contribution in [2.75, 3.05) is 0 Å². The molecule has 3 N–H and O–H groups in total. The van der Waals surface area contributed by atoms with E-state index in [1.165, 1.54) is 0 Å². The van der Waals surface area contributed by atoms with Crippen LogP contribution in [0.2, 0.25) is 0 Å². The Kier molecular flexibility index (Phi) is 3.11. The molecule has 0 bridgehead atoms. The zero-order chi connectivity index (χ0) is 19.1. The highest BCUT2D eigenvalue weighted by Crippen LogP contribution is 2.64. The third kappa shape index (κ3) is 1.97. The fourth-order valence-electron chi connectivity index (χ4n) is 5.43. The first kappa shape index (κ1) is 16.9. The Balaban J connectivity index is 2.08. The maximum absolute atomic E-state index is 11.2. The first-order chi connectivity index (χ1) is 12.0. The van der Waals surface area contributed by atoms with Crippen LogP contribution >= 0.6 is 0 Å². The molecule has 2 aliphatic carbocycles. The Morgan fingerprint density at radius 3 is 1.65 bits per heavy atom. The molecule has 0 radical (unpaired) electrons. The molecule has 0 fully saturated rings. The van der Waals surface area contributed by atoms with Crippen molar-refractivity contribution >= 4 is 5.69 Å². The maximum Gasteiger partial charge on any atom is 0.157 e. The van der Waals surface area contributed by atoms with Crippen molar-refractivity contribution in [3.05, 3.63) is 51.4 Å². The van der Waals surface area contributed by atoms with Gasteiger partial charge in [0.05, 0.1) is 0 Å². The average molecular weight is 353 g/mol. The standard InChI is InChI=1S/C21H23NO4/c1-19(2)9-21(13-5-15(22-26)16(23)6-11(13)19)10-20(3,4)12-7-17(24)18(25)8-14(12)21/h5-8,23-25H,9-10H2,1-4H3. The molecule has 0 amide bonds. The number of aromatic hydroxyl groups is 3. The number of nitroso groups, excluding NO2 is 1. The van der Waals surface area contributed by atoms with E-state index in [9.17, 15) is 20.2 Å². The van der Waals surface area contributed by atoms with E-state index in [4.69, 9.17) is 0 Å². The van der Waals surface area contributed by atoms with Crippen molar-refractivity contribution in [1.29, 1.82) is 0 Å². The molecule has 1 atom stereocenters. The van der Waals surface area contributed by atoms with Crippen LogP contribution in [-0.4, -0.2) is 15.3 Å². The number of nitrogens with zero attached hydrogens (tertiary/aromatic N) is 1. The summed E-state index contributed by atoms with van der Waals surface area (Å²) in [5.74, 6) is -0.359. The van der Waals surface area contributed by atoms with Gasteiger partial charge in [-0.3, -0.25) is 0 Å². The Hall–Kier alpha value is -2.56. The number of hydrogen-bond donors (Lipinski definition) is 3. The summed E-state index contributed by atoms with van der Waals surface area (Å²) in [6.45, 7) is 8.50. The fourth-order valence-corrected chi connectivity index (χ4v) is 5.43. The highest BCUT2D eigenvalue weighted by atomic mass is 16.3. The van der Waals surface area contributed by atoms with Crippen LogP contribution in [0.1, 0.15) is 62.8 Å². The predicted molar refractivity (Wildman–Crippen MR) is 99.4 cm³/mol. The van der Waals surface area contributed by atoms with Crippen molar-refractivity contribution in [3.63, 3.8) is 0 Å². The average Bonchev–Trinajstić information content (AvgIpc) is 2.87. The maximum atomic E-state index is 11.2. The van der Waals surface area contributed by atoms with Crippen molar-refractivity contribution in [1.82, 2.24) is 0 Å². The summed E-state index contributed by atoms with van der Waals surface area (Å²) in [5, 5.41) is 33.3. The lowest BCUT2D eigenvalue weighted by molar-refractivity contribution is 0.349. The second kappa shape index (κ2) is 4.78. The van der Waals surface area contributed by atoms with E-state index < -0.39 is 5.41 Å². The molecule has 2 aromatic carbocycles. The van der Waals surface area contributed by atoms with Gasteiger partial charge in [-0.25, -0.2) is 0 Å². The van der Waals surface area contributed by atoms with Gasteiger partial charge in [0.25, 0.3) is 0 Å². The van der Waals surface area contributed by atoms with Gasteiger partial charge in [0.1, 0.15) is 11.4 Å². The van der Waals surface area contributed by atoms with Crippen LogP contribution in [0.3, 0.4) is 0 Å². The number of phenols is 3. The molecule has 0 aliphatic heterocycles. The summed E-state index contributed by atoms with van der Waals surface area (Å²) < 4.78 is 0. The van der Waals surface area contributed by atoms with E-state index >= 15 is 0 Å². The SMILES string of the molecule is CC1(C)CC2(CC(C)(C)c3cc(O)c(N=O)cc32)c2cc(O)c(O)cc21. The van der Waals surface area contributed by atoms with Crippen LogP contribution in [0.5, 0.6) is 17.2 Å². The lowest BCUT2D eigenvalue weighted by atomic mass is 9.72. The molecular weight excluding hydrogens is 330 g/mol. The molecule has 26 heavy (non-hydrogen) atoms. The van der Waals surface area contributed by atoms with E-state index in [-0.39, 0.29) is 33.8 Å². The molecule has 0 heterocycles. The normalized spacial score (nSPS) is 24.5. The number of rotatable bonds is 1. The number of fused-ring (bicyclic) bond motifs is 4. The van der Waals surface area contributed by atoms with E-state index in [2.05, 4.69) is 32.9 Å². The molecule has 0 aromatic heterocycles. The van der Waals surface area contributed by atoms with Gasteiger partial charge in [0.15, 0.2) is 11.5 Å². The molecule has 1 spiro atoms. The van der Waals surface area contributed by atoms with E-state index in [1.807, 2.05) is 0 Å². The minimum Gasteiger partial charge on any atom is -0.506 e. The topological polar surface area (TPSA) is 90.1 Å². The third-order valence-corrected chi connectivity index (χ3v) is 6.30. The predicted octanol–water partition coefficient (Wildman–Crippen LogP) is 4.85. The third-order valence-electron chi connectivity index (χ3n) is 6.30. The summed E-state index contributed by atoms with van der Waals surface area (Å²) in [4.78, 5) is 11.2. The lowest BCUT2D eigenvalue weighted by Crippen LogP contribution is -2.26. The number of benzene rings is 2. The van der Waals surface area contributed by atoms with Gasteiger partial charge in [0, 0.05) is 5.41 Å². The van der Waals surface area contributed by atoms with Crippen LogP contribution in [0.4, 0.5) is 5.69 Å². The summed E-state index contributed by atoms with van der Waals surface area (Å²) in [6.07, 6.45) is 1.58. The van der Waals surface area contributed by atoms with Crippen LogP contribution in [0, 0.1) is 4.91 Å². The summed E-state index contributed by atoms with van der Waals surface area (Å²) >= 11 is 0. The number of phenolic OH excluding ortho intramolecular Hbond substituents is 3. The van der Waals surface area contributed by atoms with Gasteiger partial charge in [-0.05, 0) is 75.4 Å². The molecule has 4 rings (SSSR count). The van der Waals surface area contributed by atoms with E-state index in [1.54, 1.807) is 24.3 Å². The van der Waals surface area contributed by atoms with Crippen LogP contribution < -0.4 is 0 Å². The van der Waals surface area contributed by atoms with Gasteiger partial charge in [-0.2, -0.15) is 0 Å². The highest BCUT2D eigenvalue weighted by molar-refractivity contribution is 5.67. The zero-order valence-corrected chi connectivity index (χ0v) is 15.4. The number of hydrogen-bond acceptors (Lipinski definition) is 5. The van der Waals surface area contributed by atoms with Crippen molar-refractivity contribution in [3.8, 4) is 17.2 Å². The summed E-state index contributed by atoms with van der Waals surface area (Å²) in [7, 11) is 0. The lowest BCUT2D eigenvalue weighted by Gasteiger charge is -2.30. The van der Waals surface area contributed by atoms with Crippen molar-refractivity contribution in [2.45, 2.75) is 56.8 Å². The molecule has 1 unspecified atom stereocenters. The fraction of sp³-hybridized carbons (Fsp3) is 0.429. The molecule has 136 valence electrons. The second-order valence-corrected chi connectivity index (χ2v) is 9.07. The van der Waals surface area contributed by atoms with Crippen molar-refractivity contribution < 1.29 is 15.3 Å². The molecular formula is C21H23NO4. The Morgan fingerprint density at radius 1 is 0.731 bits per heavy atom. The summed E-state index contributed by atoms with van der Waals surface area (Å²) in [6, 6.07) is 6.67. The first-order valence-corrected chi connectivity index (χ1v) is 8.80. The molecule has 5 heteroatoms. The van der Waals surface area contributed by atoms with Crippen LogP contribution in [0.15, 0.2) is 29.4 Å². The van der Waals surface area contributed by atoms with Crippen LogP contribution in [0.25, 0.3) is 0 Å². The van der Waals surface area contributed by atoms with Gasteiger partial charge >= 0.3 is 0 Å². The van der Waals surface area contributed by atoms with Gasteiger partial charge in [-0.1, -0.05) is 27.7 Å². The zero-order valence-electron chi connectivity index (χ0n) is 15.4. The highest BCUT2D eigenvalue weighted by Gasteiger charge is 2.56. The first-order valence-electron chi connectivity index (χ1n) is 8.80. The van der Waals surface area contributed by atoms with Crippen LogP contribution in [-0.2, 0) is 16.2 Å². The largest absolute Gasteiger partial charge is 0.506 e. The summed E-state index contributed by atoms with van der Waals surface area (Å²) in [5.41, 5.74) is 3.19. The molecule has 2 aromatic rings. The Labute approximate surface area is 152 Å². The Bertz CT molecular complexity index is 957. The molecule has 0 saturated heterocycles. The van der Waals surface area contributed by atoms with E-state index in [0.717, 1.165) is 35.1 Å². The van der Waals surface area contributed by atoms with Gasteiger partial charge in [-0.15, -0.1) is 4.91 Å². The van der Waals surface area contributed by atoms with E-state index in [0.29, 0.717) is 0 Å².